The number of ether oxygens (including phenoxy) is 1. The Morgan fingerprint density at radius 1 is 1.33 bits per heavy atom. The molecule has 0 amide bonds. The van der Waals surface area contributed by atoms with Crippen molar-refractivity contribution in [2.24, 2.45) is 5.92 Å². The van der Waals surface area contributed by atoms with Crippen LogP contribution < -0.4 is 0 Å². The summed E-state index contributed by atoms with van der Waals surface area (Å²) >= 11 is 0. The van der Waals surface area contributed by atoms with Gasteiger partial charge in [0.1, 0.15) is 0 Å². The highest BCUT2D eigenvalue weighted by atomic mass is 16.5. The van der Waals surface area contributed by atoms with Gasteiger partial charge in [-0.05, 0) is 12.3 Å². The van der Waals surface area contributed by atoms with Gasteiger partial charge in [0.15, 0.2) is 0 Å². The normalized spacial score (nSPS) is 12.5. The Bertz CT molecular complexity index is 102. The highest BCUT2D eigenvalue weighted by Crippen LogP contribution is 2.10. The van der Waals surface area contributed by atoms with Crippen molar-refractivity contribution < 1.29 is 9.53 Å². The molecule has 0 rings (SSSR count). The average molecular weight is 171 g/mol. The first-order valence-corrected chi connectivity index (χ1v) is 4.80. The molecule has 1 unspecified atom stereocenters. The van der Waals surface area contributed by atoms with E-state index in [2.05, 4.69) is 18.6 Å². The van der Waals surface area contributed by atoms with Gasteiger partial charge in [0.05, 0.1) is 6.61 Å². The fourth-order valence-corrected chi connectivity index (χ4v) is 1.18. The molecule has 12 heavy (non-hydrogen) atoms. The smallest absolute Gasteiger partial charge is 0.417 e. The van der Waals surface area contributed by atoms with Gasteiger partial charge in [-0.1, -0.05) is 39.5 Å². The van der Waals surface area contributed by atoms with Crippen molar-refractivity contribution in [2.75, 3.05) is 6.61 Å². The summed E-state index contributed by atoms with van der Waals surface area (Å²) in [5.41, 5.74) is 0. The second-order valence-corrected chi connectivity index (χ2v) is 3.35. The average Bonchev–Trinajstić information content (AvgIpc) is 2.09. The van der Waals surface area contributed by atoms with Crippen LogP contribution in [0, 0.1) is 5.92 Å². The van der Waals surface area contributed by atoms with Gasteiger partial charge >= 0.3 is 6.47 Å². The zero-order valence-corrected chi connectivity index (χ0v) is 8.14. The molecule has 0 aromatic carbocycles. The Morgan fingerprint density at radius 3 is 2.67 bits per heavy atom. The summed E-state index contributed by atoms with van der Waals surface area (Å²) in [6, 6.07) is 0. The van der Waals surface area contributed by atoms with Crippen LogP contribution in [0.4, 0.5) is 0 Å². The summed E-state index contributed by atoms with van der Waals surface area (Å²) in [5.74, 6) is 0.489. The lowest BCUT2D eigenvalue weighted by atomic mass is 10.0. The summed E-state index contributed by atoms with van der Waals surface area (Å²) < 4.78 is 4.55. The van der Waals surface area contributed by atoms with Gasteiger partial charge in [-0.3, -0.25) is 0 Å². The predicted molar refractivity (Wildman–Crippen MR) is 49.6 cm³/mol. The Balaban J connectivity index is 3.07. The van der Waals surface area contributed by atoms with E-state index >= 15 is 0 Å². The molecule has 0 fully saturated rings. The maximum Gasteiger partial charge on any atom is 0.417 e. The van der Waals surface area contributed by atoms with Crippen LogP contribution in [-0.4, -0.2) is 13.1 Å². The molecule has 0 bridgehead atoms. The largest absolute Gasteiger partial charge is 0.457 e. The van der Waals surface area contributed by atoms with E-state index in [9.17, 15) is 4.79 Å². The van der Waals surface area contributed by atoms with Crippen LogP contribution >= 0.6 is 0 Å². The van der Waals surface area contributed by atoms with Gasteiger partial charge in [-0.2, -0.15) is 0 Å². The molecule has 71 valence electrons. The molecule has 0 saturated carbocycles. The summed E-state index contributed by atoms with van der Waals surface area (Å²) in [4.78, 5) is 9.74. The molecule has 0 heterocycles. The molecule has 2 nitrogen and oxygen atoms in total. The van der Waals surface area contributed by atoms with Gasteiger partial charge in [-0.25, -0.2) is 4.79 Å². The van der Waals surface area contributed by atoms with Crippen LogP contribution in [0.15, 0.2) is 0 Å². The molecule has 0 spiro atoms. The molecule has 0 aliphatic carbocycles. The first kappa shape index (κ1) is 11.5. The van der Waals surface area contributed by atoms with Gasteiger partial charge < -0.3 is 4.74 Å². The summed E-state index contributed by atoms with van der Waals surface area (Å²) in [6.07, 6.45) is 6.28. The summed E-state index contributed by atoms with van der Waals surface area (Å²) in [7, 11) is 0. The van der Waals surface area contributed by atoms with Crippen molar-refractivity contribution in [3.8, 4) is 0 Å². The van der Waals surface area contributed by atoms with Gasteiger partial charge in [0.25, 0.3) is 0 Å². The highest BCUT2D eigenvalue weighted by Gasteiger charge is 2.01. The van der Waals surface area contributed by atoms with Gasteiger partial charge in [0.2, 0.25) is 0 Å². The third-order valence-electron chi connectivity index (χ3n) is 1.98. The van der Waals surface area contributed by atoms with Crippen LogP contribution in [0.2, 0.25) is 0 Å². The maximum atomic E-state index is 9.74. The predicted octanol–water partition coefficient (Wildman–Crippen LogP) is 2.68. The van der Waals surface area contributed by atoms with Crippen molar-refractivity contribution in [3.05, 3.63) is 0 Å². The zero-order valence-electron chi connectivity index (χ0n) is 8.14. The fraction of sp³-hybridized carbons (Fsp3) is 0.900. The van der Waals surface area contributed by atoms with Crippen molar-refractivity contribution in [1.29, 1.82) is 0 Å². The third kappa shape index (κ3) is 7.58. The van der Waals surface area contributed by atoms with Crippen molar-refractivity contribution >= 4 is 6.47 Å². The van der Waals surface area contributed by atoms with Crippen LogP contribution in [0.1, 0.15) is 46.0 Å². The number of hydrogen-bond donors (Lipinski definition) is 0. The third-order valence-corrected chi connectivity index (χ3v) is 1.98. The molecule has 1 radical (unpaired) electrons. The van der Waals surface area contributed by atoms with Crippen LogP contribution in [-0.2, 0) is 9.53 Å². The first-order chi connectivity index (χ1) is 5.81. The van der Waals surface area contributed by atoms with E-state index in [1.165, 1.54) is 32.2 Å². The maximum absolute atomic E-state index is 9.74. The monoisotopic (exact) mass is 171 g/mol. The number of carbonyl (C=O) groups excluding carboxylic acids is 1. The highest BCUT2D eigenvalue weighted by molar-refractivity contribution is 5.38. The van der Waals surface area contributed by atoms with E-state index in [1.807, 2.05) is 0 Å². The van der Waals surface area contributed by atoms with Gasteiger partial charge in [0, 0.05) is 0 Å². The van der Waals surface area contributed by atoms with Crippen molar-refractivity contribution in [3.63, 3.8) is 0 Å². The van der Waals surface area contributed by atoms with E-state index in [0.29, 0.717) is 12.5 Å². The standard InChI is InChI=1S/C10H19O2/c1-3-4-5-6-7-10(2)8-12-9-11/h10H,3-8H2,1-2H3. The van der Waals surface area contributed by atoms with E-state index < -0.39 is 0 Å². The molecule has 0 aliphatic heterocycles. The minimum absolute atomic E-state index is 0.489. The molecular weight excluding hydrogens is 152 g/mol. The number of unbranched alkanes of at least 4 members (excludes halogenated alkanes) is 3. The van der Waals surface area contributed by atoms with E-state index in [-0.39, 0.29) is 0 Å². The quantitative estimate of drug-likeness (QED) is 0.525. The summed E-state index contributed by atoms with van der Waals surface area (Å²) in [6.45, 7) is 6.28. The Hall–Kier alpha value is -0.530. The first-order valence-electron chi connectivity index (χ1n) is 4.80. The number of hydrogen-bond acceptors (Lipinski definition) is 2. The molecule has 0 N–H and O–H groups in total. The molecule has 0 saturated heterocycles. The van der Waals surface area contributed by atoms with E-state index in [1.54, 1.807) is 0 Å². The van der Waals surface area contributed by atoms with Crippen molar-refractivity contribution in [2.45, 2.75) is 46.0 Å². The van der Waals surface area contributed by atoms with E-state index in [4.69, 9.17) is 0 Å². The lowest BCUT2D eigenvalue weighted by Gasteiger charge is -2.08. The summed E-state index contributed by atoms with van der Waals surface area (Å²) in [5, 5.41) is 0. The topological polar surface area (TPSA) is 26.3 Å². The lowest BCUT2D eigenvalue weighted by Crippen LogP contribution is -2.04. The Kier molecular flexibility index (Phi) is 8.19. The van der Waals surface area contributed by atoms with Crippen LogP contribution in [0.3, 0.4) is 0 Å². The molecular formula is C10H19O2. The Labute approximate surface area is 75.3 Å². The molecule has 1 atom stereocenters. The molecule has 0 aliphatic rings. The lowest BCUT2D eigenvalue weighted by molar-refractivity contribution is 0.223. The second-order valence-electron chi connectivity index (χ2n) is 3.35. The zero-order chi connectivity index (χ0) is 9.23. The van der Waals surface area contributed by atoms with Crippen LogP contribution in [0.5, 0.6) is 0 Å². The SMILES string of the molecule is CCCCCCC(C)CO[C]=O. The van der Waals surface area contributed by atoms with E-state index in [0.717, 1.165) is 6.42 Å². The fourth-order valence-electron chi connectivity index (χ4n) is 1.18. The second kappa shape index (κ2) is 8.57. The Morgan fingerprint density at radius 2 is 2.08 bits per heavy atom. The van der Waals surface area contributed by atoms with Gasteiger partial charge in [-0.15, -0.1) is 0 Å². The van der Waals surface area contributed by atoms with Crippen molar-refractivity contribution in [1.82, 2.24) is 0 Å². The molecule has 2 heteroatoms. The van der Waals surface area contributed by atoms with Crippen LogP contribution in [0.25, 0.3) is 0 Å². The molecule has 0 aromatic heterocycles. The minimum Gasteiger partial charge on any atom is -0.457 e. The molecule has 0 aromatic rings. The minimum atomic E-state index is 0.489. The number of rotatable bonds is 8.